The van der Waals surface area contributed by atoms with Crippen molar-refractivity contribution in [2.24, 2.45) is 0 Å². The van der Waals surface area contributed by atoms with Crippen LogP contribution in [-0.4, -0.2) is 19.2 Å². The Morgan fingerprint density at radius 1 is 1.04 bits per heavy atom. The van der Waals surface area contributed by atoms with Crippen molar-refractivity contribution in [2.45, 2.75) is 40.0 Å². The van der Waals surface area contributed by atoms with E-state index in [2.05, 4.69) is 44.4 Å². The van der Waals surface area contributed by atoms with Crippen LogP contribution < -0.4 is 15.4 Å². The molecule has 0 aliphatic rings. The van der Waals surface area contributed by atoms with Gasteiger partial charge in [0.2, 0.25) is 0 Å². The summed E-state index contributed by atoms with van der Waals surface area (Å²) in [6, 6.07) is 13.8. The first-order valence-corrected chi connectivity index (χ1v) is 8.61. The van der Waals surface area contributed by atoms with Crippen molar-refractivity contribution >= 4 is 11.7 Å². The van der Waals surface area contributed by atoms with E-state index in [9.17, 15) is 4.79 Å². The lowest BCUT2D eigenvalue weighted by atomic mass is 9.87. The summed E-state index contributed by atoms with van der Waals surface area (Å²) >= 11 is 0. The average molecular weight is 340 g/mol. The summed E-state index contributed by atoms with van der Waals surface area (Å²) in [7, 11) is 0. The van der Waals surface area contributed by atoms with E-state index >= 15 is 0 Å². The summed E-state index contributed by atoms with van der Waals surface area (Å²) in [5.41, 5.74) is 4.43. The van der Waals surface area contributed by atoms with Gasteiger partial charge in [0.1, 0.15) is 12.4 Å². The minimum atomic E-state index is -0.229. The van der Waals surface area contributed by atoms with Crippen molar-refractivity contribution in [3.8, 4) is 5.75 Å². The van der Waals surface area contributed by atoms with Gasteiger partial charge >= 0.3 is 6.03 Å². The van der Waals surface area contributed by atoms with Crippen LogP contribution in [0.15, 0.2) is 42.5 Å². The van der Waals surface area contributed by atoms with Gasteiger partial charge in [-0.1, -0.05) is 50.6 Å². The second-order valence-electron chi connectivity index (χ2n) is 7.33. The fourth-order valence-corrected chi connectivity index (χ4v) is 2.52. The number of amides is 2. The third-order valence-electron chi connectivity index (χ3n) is 3.98. The molecule has 2 aromatic rings. The molecule has 0 aliphatic carbocycles. The van der Waals surface area contributed by atoms with Gasteiger partial charge in [0, 0.05) is 5.69 Å². The Balaban J connectivity index is 1.75. The SMILES string of the molecule is Cc1ccc(OCCNC(=O)Nc2ccc(C(C)(C)C)cc2)c(C)c1. The Morgan fingerprint density at radius 2 is 1.72 bits per heavy atom. The number of hydrogen-bond acceptors (Lipinski definition) is 2. The summed E-state index contributed by atoms with van der Waals surface area (Å²) in [6.07, 6.45) is 0. The van der Waals surface area contributed by atoms with E-state index < -0.39 is 0 Å². The highest BCUT2D eigenvalue weighted by molar-refractivity contribution is 5.89. The van der Waals surface area contributed by atoms with E-state index in [1.54, 1.807) is 0 Å². The van der Waals surface area contributed by atoms with Crippen molar-refractivity contribution in [1.29, 1.82) is 0 Å². The number of ether oxygens (including phenoxy) is 1. The van der Waals surface area contributed by atoms with Crippen LogP contribution in [0, 0.1) is 13.8 Å². The second-order valence-corrected chi connectivity index (χ2v) is 7.33. The number of rotatable bonds is 5. The van der Waals surface area contributed by atoms with Gasteiger partial charge in [-0.05, 0) is 48.6 Å². The molecule has 0 heterocycles. The predicted octanol–water partition coefficient (Wildman–Crippen LogP) is 4.80. The minimum absolute atomic E-state index is 0.103. The maximum absolute atomic E-state index is 11.9. The monoisotopic (exact) mass is 340 g/mol. The van der Waals surface area contributed by atoms with E-state index in [1.807, 2.05) is 43.3 Å². The van der Waals surface area contributed by atoms with Crippen LogP contribution in [0.5, 0.6) is 5.75 Å². The molecule has 0 atom stereocenters. The largest absolute Gasteiger partial charge is 0.491 e. The summed E-state index contributed by atoms with van der Waals surface area (Å²) in [6.45, 7) is 11.4. The molecule has 0 bridgehead atoms. The molecule has 0 aromatic heterocycles. The Labute approximate surface area is 150 Å². The van der Waals surface area contributed by atoms with Crippen LogP contribution in [0.4, 0.5) is 10.5 Å². The number of benzene rings is 2. The quantitative estimate of drug-likeness (QED) is 0.768. The van der Waals surface area contributed by atoms with Crippen LogP contribution in [-0.2, 0) is 5.41 Å². The maximum atomic E-state index is 11.9. The van der Waals surface area contributed by atoms with Crippen molar-refractivity contribution in [3.63, 3.8) is 0 Å². The molecule has 134 valence electrons. The molecule has 0 radical (unpaired) electrons. The van der Waals surface area contributed by atoms with Gasteiger partial charge in [-0.2, -0.15) is 0 Å². The topological polar surface area (TPSA) is 50.4 Å². The van der Waals surface area contributed by atoms with Gasteiger partial charge in [-0.25, -0.2) is 4.79 Å². The Bertz CT molecular complexity index is 716. The number of hydrogen-bond donors (Lipinski definition) is 2. The molecule has 2 aromatic carbocycles. The fourth-order valence-electron chi connectivity index (χ4n) is 2.52. The van der Waals surface area contributed by atoms with Crippen molar-refractivity contribution in [3.05, 3.63) is 59.2 Å². The molecule has 0 spiro atoms. The van der Waals surface area contributed by atoms with Gasteiger partial charge in [0.25, 0.3) is 0 Å². The van der Waals surface area contributed by atoms with E-state index in [1.165, 1.54) is 11.1 Å². The van der Waals surface area contributed by atoms with E-state index in [0.29, 0.717) is 13.2 Å². The van der Waals surface area contributed by atoms with Crippen molar-refractivity contribution < 1.29 is 9.53 Å². The van der Waals surface area contributed by atoms with E-state index in [0.717, 1.165) is 17.0 Å². The maximum Gasteiger partial charge on any atom is 0.319 e. The van der Waals surface area contributed by atoms with Crippen LogP contribution >= 0.6 is 0 Å². The molecule has 4 nitrogen and oxygen atoms in total. The highest BCUT2D eigenvalue weighted by Gasteiger charge is 2.13. The van der Waals surface area contributed by atoms with Crippen molar-refractivity contribution in [1.82, 2.24) is 5.32 Å². The zero-order valence-corrected chi connectivity index (χ0v) is 15.8. The number of carbonyl (C=O) groups excluding carboxylic acids is 1. The fraction of sp³-hybridized carbons (Fsp3) is 0.381. The molecule has 0 fully saturated rings. The lowest BCUT2D eigenvalue weighted by Crippen LogP contribution is -2.32. The molecule has 0 saturated carbocycles. The molecule has 4 heteroatoms. The Hall–Kier alpha value is -2.49. The number of nitrogens with one attached hydrogen (secondary N) is 2. The molecular formula is C21H28N2O2. The van der Waals surface area contributed by atoms with Gasteiger partial charge in [0.15, 0.2) is 0 Å². The number of carbonyl (C=O) groups is 1. The van der Waals surface area contributed by atoms with Gasteiger partial charge in [-0.3, -0.25) is 0 Å². The van der Waals surface area contributed by atoms with Crippen LogP contribution in [0.25, 0.3) is 0 Å². The first-order valence-electron chi connectivity index (χ1n) is 8.61. The summed E-state index contributed by atoms with van der Waals surface area (Å²) in [4.78, 5) is 11.9. The smallest absolute Gasteiger partial charge is 0.319 e. The average Bonchev–Trinajstić information content (AvgIpc) is 2.53. The number of anilines is 1. The molecule has 2 amide bonds. The Morgan fingerprint density at radius 3 is 2.32 bits per heavy atom. The third-order valence-corrected chi connectivity index (χ3v) is 3.98. The molecule has 25 heavy (non-hydrogen) atoms. The molecule has 2 N–H and O–H groups in total. The standard InChI is InChI=1S/C21H28N2O2/c1-15-6-11-19(16(2)14-15)25-13-12-22-20(24)23-18-9-7-17(8-10-18)21(3,4)5/h6-11,14H,12-13H2,1-5H3,(H2,22,23,24). The number of aryl methyl sites for hydroxylation is 2. The molecule has 0 aliphatic heterocycles. The highest BCUT2D eigenvalue weighted by Crippen LogP contribution is 2.23. The molecule has 2 rings (SSSR count). The summed E-state index contributed by atoms with van der Waals surface area (Å²) < 4.78 is 5.70. The molecular weight excluding hydrogens is 312 g/mol. The van der Waals surface area contributed by atoms with Crippen molar-refractivity contribution in [2.75, 3.05) is 18.5 Å². The first kappa shape index (κ1) is 18.8. The number of urea groups is 1. The summed E-state index contributed by atoms with van der Waals surface area (Å²) in [5.74, 6) is 0.852. The summed E-state index contributed by atoms with van der Waals surface area (Å²) in [5, 5.41) is 5.63. The van der Waals surface area contributed by atoms with Crippen LogP contribution in [0.3, 0.4) is 0 Å². The minimum Gasteiger partial charge on any atom is -0.491 e. The van der Waals surface area contributed by atoms with E-state index in [-0.39, 0.29) is 11.4 Å². The zero-order chi connectivity index (χ0) is 18.4. The first-order chi connectivity index (χ1) is 11.8. The highest BCUT2D eigenvalue weighted by atomic mass is 16.5. The normalized spacial score (nSPS) is 11.1. The Kier molecular flexibility index (Phi) is 6.07. The third kappa shape index (κ3) is 5.82. The molecule has 0 saturated heterocycles. The molecule has 0 unspecified atom stereocenters. The predicted molar refractivity (Wildman–Crippen MR) is 104 cm³/mol. The van der Waals surface area contributed by atoms with Crippen LogP contribution in [0.2, 0.25) is 0 Å². The van der Waals surface area contributed by atoms with E-state index in [4.69, 9.17) is 4.74 Å². The van der Waals surface area contributed by atoms with Gasteiger partial charge in [0.05, 0.1) is 6.54 Å². The van der Waals surface area contributed by atoms with Gasteiger partial charge < -0.3 is 15.4 Å². The second kappa shape index (κ2) is 8.06. The zero-order valence-electron chi connectivity index (χ0n) is 15.8. The lowest BCUT2D eigenvalue weighted by molar-refractivity contribution is 0.247. The van der Waals surface area contributed by atoms with Gasteiger partial charge in [-0.15, -0.1) is 0 Å². The van der Waals surface area contributed by atoms with Crippen LogP contribution in [0.1, 0.15) is 37.5 Å². The lowest BCUT2D eigenvalue weighted by Gasteiger charge is -2.19.